The maximum atomic E-state index is 11.9. The van der Waals surface area contributed by atoms with E-state index in [2.05, 4.69) is 12.2 Å². The summed E-state index contributed by atoms with van der Waals surface area (Å²) in [7, 11) is 0. The van der Waals surface area contributed by atoms with E-state index in [0.717, 1.165) is 39.3 Å². The first-order valence-corrected chi connectivity index (χ1v) is 6.42. The molecule has 0 aliphatic carbocycles. The Balaban J connectivity index is 1.62. The first kappa shape index (κ1) is 12.8. The van der Waals surface area contributed by atoms with Crippen molar-refractivity contribution in [3.63, 3.8) is 0 Å². The van der Waals surface area contributed by atoms with Crippen LogP contribution in [0.4, 0.5) is 0 Å². The van der Waals surface area contributed by atoms with E-state index >= 15 is 0 Å². The molecule has 2 heterocycles. The second-order valence-corrected chi connectivity index (χ2v) is 4.94. The molecule has 1 N–H and O–H groups in total. The number of carbonyl (C=O) groups excluding carboxylic acids is 1. The molecule has 2 aliphatic rings. The zero-order chi connectivity index (χ0) is 12.1. The van der Waals surface area contributed by atoms with E-state index in [1.807, 2.05) is 4.90 Å². The fourth-order valence-corrected chi connectivity index (χ4v) is 2.28. The summed E-state index contributed by atoms with van der Waals surface area (Å²) < 4.78 is 10.7. The third-order valence-electron chi connectivity index (χ3n) is 3.32. The van der Waals surface area contributed by atoms with Crippen molar-refractivity contribution in [3.05, 3.63) is 0 Å². The van der Waals surface area contributed by atoms with Crippen LogP contribution >= 0.6 is 0 Å². The Hall–Kier alpha value is -0.650. The van der Waals surface area contributed by atoms with E-state index < -0.39 is 0 Å². The highest BCUT2D eigenvalue weighted by molar-refractivity contribution is 5.77. The molecule has 0 spiro atoms. The molecule has 0 bridgehead atoms. The number of carbonyl (C=O) groups is 1. The van der Waals surface area contributed by atoms with Crippen LogP contribution in [-0.4, -0.2) is 62.9 Å². The van der Waals surface area contributed by atoms with Crippen molar-refractivity contribution in [2.45, 2.75) is 19.4 Å². The van der Waals surface area contributed by atoms with Gasteiger partial charge in [0.15, 0.2) is 0 Å². The van der Waals surface area contributed by atoms with Crippen LogP contribution in [0.3, 0.4) is 0 Å². The highest BCUT2D eigenvalue weighted by Gasteiger charge is 2.21. The third-order valence-corrected chi connectivity index (χ3v) is 3.32. The smallest absolute Gasteiger partial charge is 0.248 e. The highest BCUT2D eigenvalue weighted by Crippen LogP contribution is 2.12. The van der Waals surface area contributed by atoms with Crippen molar-refractivity contribution >= 4 is 5.91 Å². The summed E-state index contributed by atoms with van der Waals surface area (Å²) in [4.78, 5) is 13.7. The molecule has 1 amide bonds. The van der Waals surface area contributed by atoms with Crippen LogP contribution in [0.25, 0.3) is 0 Å². The van der Waals surface area contributed by atoms with Crippen LogP contribution < -0.4 is 5.32 Å². The van der Waals surface area contributed by atoms with E-state index in [4.69, 9.17) is 9.47 Å². The molecule has 5 heteroatoms. The number of piperazine rings is 1. The number of ether oxygens (including phenoxy) is 2. The summed E-state index contributed by atoms with van der Waals surface area (Å²) >= 11 is 0. The fourth-order valence-electron chi connectivity index (χ4n) is 2.28. The molecular formula is C12H22N2O3. The second-order valence-electron chi connectivity index (χ2n) is 4.94. The van der Waals surface area contributed by atoms with Gasteiger partial charge in [-0.05, 0) is 13.3 Å². The molecule has 17 heavy (non-hydrogen) atoms. The van der Waals surface area contributed by atoms with Crippen LogP contribution in [0.2, 0.25) is 0 Å². The minimum absolute atomic E-state index is 0.109. The predicted molar refractivity (Wildman–Crippen MR) is 63.8 cm³/mol. The molecule has 2 atom stereocenters. The third kappa shape index (κ3) is 3.94. The van der Waals surface area contributed by atoms with Crippen molar-refractivity contribution in [1.29, 1.82) is 0 Å². The lowest BCUT2D eigenvalue weighted by Crippen LogP contribution is -2.52. The summed E-state index contributed by atoms with van der Waals surface area (Å²) in [6, 6.07) is 0.385. The van der Waals surface area contributed by atoms with Crippen molar-refractivity contribution in [2.75, 3.05) is 46.1 Å². The van der Waals surface area contributed by atoms with E-state index in [0.29, 0.717) is 18.6 Å². The maximum Gasteiger partial charge on any atom is 0.248 e. The highest BCUT2D eigenvalue weighted by atomic mass is 16.5. The monoisotopic (exact) mass is 242 g/mol. The van der Waals surface area contributed by atoms with Gasteiger partial charge in [-0.25, -0.2) is 0 Å². The molecule has 2 saturated heterocycles. The molecule has 0 saturated carbocycles. The predicted octanol–water partition coefficient (Wildman–Crippen LogP) is -0.140. The van der Waals surface area contributed by atoms with Crippen molar-refractivity contribution in [3.8, 4) is 0 Å². The van der Waals surface area contributed by atoms with Crippen LogP contribution in [-0.2, 0) is 14.3 Å². The summed E-state index contributed by atoms with van der Waals surface area (Å²) in [6.45, 7) is 7.01. The molecule has 0 radical (unpaired) electrons. The molecule has 0 aromatic rings. The van der Waals surface area contributed by atoms with Crippen molar-refractivity contribution < 1.29 is 14.3 Å². The Morgan fingerprint density at radius 3 is 3.18 bits per heavy atom. The van der Waals surface area contributed by atoms with Gasteiger partial charge in [0.1, 0.15) is 6.61 Å². The standard InChI is InChI=1S/C12H22N2O3/c1-10-6-14(4-3-13-10)12(15)9-17-8-11-2-5-16-7-11/h10-11,13H,2-9H2,1H3/t10-,11-/m0/s1. The molecular weight excluding hydrogens is 220 g/mol. The van der Waals surface area contributed by atoms with Crippen LogP contribution in [0.15, 0.2) is 0 Å². The van der Waals surface area contributed by atoms with Crippen LogP contribution in [0.5, 0.6) is 0 Å². The summed E-state index contributed by atoms with van der Waals surface area (Å²) in [5.41, 5.74) is 0. The topological polar surface area (TPSA) is 50.8 Å². The molecule has 5 nitrogen and oxygen atoms in total. The molecule has 2 fully saturated rings. The molecule has 98 valence electrons. The lowest BCUT2D eigenvalue weighted by atomic mass is 10.1. The number of hydrogen-bond acceptors (Lipinski definition) is 4. The first-order chi connectivity index (χ1) is 8.25. The Labute approximate surface area is 102 Å². The van der Waals surface area contributed by atoms with Gasteiger partial charge < -0.3 is 19.7 Å². The van der Waals surface area contributed by atoms with Gasteiger partial charge in [-0.15, -0.1) is 0 Å². The van der Waals surface area contributed by atoms with Crippen molar-refractivity contribution in [2.24, 2.45) is 5.92 Å². The van der Waals surface area contributed by atoms with Gasteiger partial charge in [0.2, 0.25) is 5.91 Å². The number of rotatable bonds is 4. The van der Waals surface area contributed by atoms with Gasteiger partial charge in [0.25, 0.3) is 0 Å². The summed E-state index contributed by atoms with van der Waals surface area (Å²) in [5, 5.41) is 3.32. The van der Waals surface area contributed by atoms with Gasteiger partial charge in [-0.3, -0.25) is 4.79 Å². The first-order valence-electron chi connectivity index (χ1n) is 6.42. The minimum Gasteiger partial charge on any atom is -0.381 e. The average Bonchev–Trinajstić information content (AvgIpc) is 2.82. The lowest BCUT2D eigenvalue weighted by Gasteiger charge is -2.31. The van der Waals surface area contributed by atoms with E-state index in [1.54, 1.807) is 0 Å². The summed E-state index contributed by atoms with van der Waals surface area (Å²) in [5.74, 6) is 0.585. The lowest BCUT2D eigenvalue weighted by molar-refractivity contribution is -0.137. The fraction of sp³-hybridized carbons (Fsp3) is 0.917. The minimum atomic E-state index is 0.109. The van der Waals surface area contributed by atoms with E-state index in [-0.39, 0.29) is 12.5 Å². The number of nitrogens with one attached hydrogen (secondary N) is 1. The van der Waals surface area contributed by atoms with Gasteiger partial charge in [0, 0.05) is 38.2 Å². The molecule has 0 unspecified atom stereocenters. The van der Waals surface area contributed by atoms with E-state index in [1.165, 1.54) is 0 Å². The summed E-state index contributed by atoms with van der Waals surface area (Å²) in [6.07, 6.45) is 1.05. The van der Waals surface area contributed by atoms with Gasteiger partial charge in [-0.1, -0.05) is 0 Å². The average molecular weight is 242 g/mol. The van der Waals surface area contributed by atoms with Crippen LogP contribution in [0, 0.1) is 5.92 Å². The normalized spacial score (nSPS) is 29.6. The largest absolute Gasteiger partial charge is 0.381 e. The zero-order valence-corrected chi connectivity index (χ0v) is 10.5. The van der Waals surface area contributed by atoms with Crippen molar-refractivity contribution in [1.82, 2.24) is 10.2 Å². The Morgan fingerprint density at radius 2 is 2.47 bits per heavy atom. The zero-order valence-electron chi connectivity index (χ0n) is 10.5. The maximum absolute atomic E-state index is 11.9. The molecule has 0 aromatic carbocycles. The van der Waals surface area contributed by atoms with Gasteiger partial charge >= 0.3 is 0 Å². The quantitative estimate of drug-likeness (QED) is 0.745. The second kappa shape index (κ2) is 6.33. The number of nitrogens with zero attached hydrogens (tertiary/aromatic N) is 1. The molecule has 2 aliphatic heterocycles. The Bertz CT molecular complexity index is 254. The van der Waals surface area contributed by atoms with Crippen LogP contribution in [0.1, 0.15) is 13.3 Å². The van der Waals surface area contributed by atoms with E-state index in [9.17, 15) is 4.79 Å². The number of hydrogen-bond donors (Lipinski definition) is 1. The van der Waals surface area contributed by atoms with Gasteiger partial charge in [-0.2, -0.15) is 0 Å². The Morgan fingerprint density at radius 1 is 1.59 bits per heavy atom. The molecule has 0 aromatic heterocycles. The molecule has 2 rings (SSSR count). The number of amides is 1. The SMILES string of the molecule is C[C@H]1CN(C(=O)COC[C@H]2CCOC2)CCN1. The van der Waals surface area contributed by atoms with Gasteiger partial charge in [0.05, 0.1) is 13.2 Å². The Kier molecular flexibility index (Phi) is 4.76.